The summed E-state index contributed by atoms with van der Waals surface area (Å²) in [6, 6.07) is 8.52. The second-order valence-electron chi connectivity index (χ2n) is 6.33. The number of hydrogen-bond acceptors (Lipinski definition) is 3. The molecular formula is C25H48N2OS. The maximum Gasteiger partial charge on any atom is 0.230 e. The van der Waals surface area contributed by atoms with E-state index in [1.54, 1.807) is 0 Å². The normalized spacial score (nSPS) is 11.9. The van der Waals surface area contributed by atoms with Crippen LogP contribution in [0.25, 0.3) is 0 Å². The summed E-state index contributed by atoms with van der Waals surface area (Å²) in [6.45, 7) is 16.6. The van der Waals surface area contributed by atoms with Gasteiger partial charge in [0.05, 0.1) is 0 Å². The van der Waals surface area contributed by atoms with Gasteiger partial charge in [-0.05, 0) is 55.5 Å². The third-order valence-electron chi connectivity index (χ3n) is 4.35. The lowest BCUT2D eigenvalue weighted by Gasteiger charge is -2.17. The van der Waals surface area contributed by atoms with Gasteiger partial charge in [-0.2, -0.15) is 0 Å². The molecule has 2 rings (SSSR count). The van der Waals surface area contributed by atoms with Gasteiger partial charge in [-0.1, -0.05) is 80.6 Å². The Labute approximate surface area is 186 Å². The van der Waals surface area contributed by atoms with Crippen molar-refractivity contribution in [1.82, 2.24) is 4.72 Å². The predicted octanol–water partition coefficient (Wildman–Crippen LogP) is 8.24. The minimum atomic E-state index is 0.147. The fourth-order valence-corrected chi connectivity index (χ4v) is 3.54. The van der Waals surface area contributed by atoms with Crippen LogP contribution < -0.4 is 9.62 Å². The highest BCUT2D eigenvalue weighted by molar-refractivity contribution is 7.98. The highest BCUT2D eigenvalue weighted by Crippen LogP contribution is 2.23. The van der Waals surface area contributed by atoms with Crippen molar-refractivity contribution < 1.29 is 4.79 Å². The van der Waals surface area contributed by atoms with Crippen LogP contribution in [0.15, 0.2) is 29.2 Å². The van der Waals surface area contributed by atoms with Crippen molar-refractivity contribution in [3.05, 3.63) is 24.3 Å². The average Bonchev–Trinajstić information content (AvgIpc) is 3.34. The van der Waals surface area contributed by atoms with Crippen LogP contribution in [-0.4, -0.2) is 19.0 Å². The van der Waals surface area contributed by atoms with Crippen LogP contribution in [0.4, 0.5) is 5.69 Å². The van der Waals surface area contributed by atoms with E-state index in [-0.39, 0.29) is 5.91 Å². The quantitative estimate of drug-likeness (QED) is 0.303. The molecule has 1 saturated heterocycles. The zero-order chi connectivity index (χ0) is 22.3. The first-order valence-electron chi connectivity index (χ1n) is 12.1. The van der Waals surface area contributed by atoms with Gasteiger partial charge in [-0.3, -0.25) is 9.52 Å². The van der Waals surface area contributed by atoms with Crippen molar-refractivity contribution in [2.75, 3.05) is 18.0 Å². The topological polar surface area (TPSA) is 32.3 Å². The minimum Gasteiger partial charge on any atom is -0.372 e. The summed E-state index contributed by atoms with van der Waals surface area (Å²) in [5.41, 5.74) is 1.30. The first-order chi connectivity index (χ1) is 14.3. The van der Waals surface area contributed by atoms with Crippen LogP contribution in [-0.2, 0) is 4.79 Å². The van der Waals surface area contributed by atoms with E-state index in [2.05, 4.69) is 40.8 Å². The summed E-state index contributed by atoms with van der Waals surface area (Å²) in [6.07, 6.45) is 10.6. The highest BCUT2D eigenvalue weighted by atomic mass is 32.2. The zero-order valence-electron chi connectivity index (χ0n) is 20.4. The molecule has 0 bridgehead atoms. The Bertz CT molecular complexity index is 456. The highest BCUT2D eigenvalue weighted by Gasteiger charge is 2.11. The van der Waals surface area contributed by atoms with E-state index in [0.717, 1.165) is 11.3 Å². The van der Waals surface area contributed by atoms with Crippen LogP contribution in [0, 0.1) is 0 Å². The number of rotatable bonds is 10. The zero-order valence-corrected chi connectivity index (χ0v) is 21.2. The number of nitrogens with one attached hydrogen (secondary N) is 1. The fraction of sp³-hybridized carbons (Fsp3) is 0.720. The molecule has 0 saturated carbocycles. The summed E-state index contributed by atoms with van der Waals surface area (Å²) in [4.78, 5) is 15.4. The Morgan fingerprint density at radius 1 is 0.862 bits per heavy atom. The lowest BCUT2D eigenvalue weighted by Crippen LogP contribution is -2.17. The summed E-state index contributed by atoms with van der Waals surface area (Å²) < 4.78 is 2.95. The SMILES string of the molecule is CC.CC.CC.CCCCCCCCC(=O)NSc1ccc(N2CCCC2)cc1. The van der Waals surface area contributed by atoms with Crippen molar-refractivity contribution in [3.8, 4) is 0 Å². The van der Waals surface area contributed by atoms with Crippen LogP contribution in [0.5, 0.6) is 0 Å². The van der Waals surface area contributed by atoms with Gasteiger partial charge in [0.1, 0.15) is 0 Å². The maximum atomic E-state index is 11.8. The van der Waals surface area contributed by atoms with Gasteiger partial charge in [0.2, 0.25) is 5.91 Å². The van der Waals surface area contributed by atoms with E-state index in [0.29, 0.717) is 6.42 Å². The average molecular weight is 425 g/mol. The molecule has 29 heavy (non-hydrogen) atoms. The molecule has 0 aliphatic carbocycles. The molecule has 0 spiro atoms. The van der Waals surface area contributed by atoms with Crippen molar-refractivity contribution >= 4 is 23.5 Å². The van der Waals surface area contributed by atoms with Crippen LogP contribution >= 0.6 is 11.9 Å². The molecular weight excluding hydrogens is 376 g/mol. The first kappa shape index (κ1) is 30.0. The third kappa shape index (κ3) is 15.4. The maximum absolute atomic E-state index is 11.8. The Hall–Kier alpha value is -1.16. The standard InChI is InChI=1S/C19H30N2OS.3C2H6/c1-2-3-4-5-6-7-10-19(22)20-23-18-13-11-17(12-14-18)21-15-8-9-16-21;3*1-2/h11-14H,2-10,15-16H2,1H3,(H,20,22);3*1-2H3. The molecule has 3 nitrogen and oxygen atoms in total. The molecule has 1 aliphatic heterocycles. The Morgan fingerprint density at radius 3 is 1.93 bits per heavy atom. The Morgan fingerprint density at radius 2 is 1.38 bits per heavy atom. The molecule has 4 heteroatoms. The molecule has 1 amide bonds. The first-order valence-corrected chi connectivity index (χ1v) is 12.9. The number of amides is 1. The Kier molecular flexibility index (Phi) is 23.9. The number of benzene rings is 1. The summed E-state index contributed by atoms with van der Waals surface area (Å²) in [5.74, 6) is 0.147. The van der Waals surface area contributed by atoms with E-state index in [9.17, 15) is 4.79 Å². The van der Waals surface area contributed by atoms with Crippen molar-refractivity contribution in [2.45, 2.75) is 111 Å². The number of carbonyl (C=O) groups excluding carboxylic acids is 1. The van der Waals surface area contributed by atoms with Crippen LogP contribution in [0.2, 0.25) is 0 Å². The summed E-state index contributed by atoms with van der Waals surface area (Å²) >= 11 is 1.43. The number of anilines is 1. The molecule has 1 aliphatic rings. The van der Waals surface area contributed by atoms with Gasteiger partial charge in [-0.25, -0.2) is 0 Å². The van der Waals surface area contributed by atoms with Crippen LogP contribution in [0.1, 0.15) is 106 Å². The van der Waals surface area contributed by atoms with Gasteiger partial charge in [-0.15, -0.1) is 0 Å². The smallest absolute Gasteiger partial charge is 0.230 e. The summed E-state index contributed by atoms with van der Waals surface area (Å²) in [7, 11) is 0. The molecule has 0 radical (unpaired) electrons. The van der Waals surface area contributed by atoms with Gasteiger partial charge in [0.15, 0.2) is 0 Å². The molecule has 0 unspecified atom stereocenters. The van der Waals surface area contributed by atoms with Gasteiger partial charge < -0.3 is 4.90 Å². The second-order valence-corrected chi connectivity index (χ2v) is 7.21. The molecule has 0 aromatic heterocycles. The fourth-order valence-electron chi connectivity index (χ4n) is 2.93. The molecule has 1 heterocycles. The molecule has 1 N–H and O–H groups in total. The molecule has 1 aromatic rings. The van der Waals surface area contributed by atoms with E-state index in [1.807, 2.05) is 41.5 Å². The number of unbranched alkanes of at least 4 members (excludes halogenated alkanes) is 5. The van der Waals surface area contributed by atoms with Crippen molar-refractivity contribution in [2.24, 2.45) is 0 Å². The van der Waals surface area contributed by atoms with Crippen molar-refractivity contribution in [1.29, 1.82) is 0 Å². The second kappa shape index (κ2) is 23.1. The third-order valence-corrected chi connectivity index (χ3v) is 5.19. The molecule has 0 atom stereocenters. The lowest BCUT2D eigenvalue weighted by molar-refractivity contribution is -0.119. The van der Waals surface area contributed by atoms with Crippen molar-refractivity contribution in [3.63, 3.8) is 0 Å². The lowest BCUT2D eigenvalue weighted by atomic mass is 10.1. The van der Waals surface area contributed by atoms with E-state index >= 15 is 0 Å². The van der Waals surface area contributed by atoms with Gasteiger partial charge in [0, 0.05) is 30.1 Å². The van der Waals surface area contributed by atoms with Gasteiger partial charge in [0.25, 0.3) is 0 Å². The number of carbonyl (C=O) groups is 1. The minimum absolute atomic E-state index is 0.147. The predicted molar refractivity (Wildman–Crippen MR) is 134 cm³/mol. The summed E-state index contributed by atoms with van der Waals surface area (Å²) in [5, 5.41) is 0. The van der Waals surface area contributed by atoms with Gasteiger partial charge >= 0.3 is 0 Å². The van der Waals surface area contributed by atoms with E-state index in [4.69, 9.17) is 0 Å². The molecule has 170 valence electrons. The molecule has 1 fully saturated rings. The van der Waals surface area contributed by atoms with E-state index in [1.165, 1.54) is 75.7 Å². The largest absolute Gasteiger partial charge is 0.372 e. The Balaban J connectivity index is 0. The number of hydrogen-bond donors (Lipinski definition) is 1. The molecule has 1 aromatic carbocycles. The number of nitrogens with zero attached hydrogens (tertiary/aromatic N) is 1. The van der Waals surface area contributed by atoms with E-state index < -0.39 is 0 Å². The van der Waals surface area contributed by atoms with Crippen LogP contribution in [0.3, 0.4) is 0 Å². The monoisotopic (exact) mass is 424 g/mol.